The van der Waals surface area contributed by atoms with Gasteiger partial charge in [0.05, 0.1) is 11.8 Å². The number of nitrogens with one attached hydrogen (secondary N) is 2. The molecule has 0 bridgehead atoms. The van der Waals surface area contributed by atoms with Gasteiger partial charge in [0.25, 0.3) is 0 Å². The largest absolute Gasteiger partial charge is 0.353 e. The minimum absolute atomic E-state index is 0.00344. The topological polar surface area (TPSA) is 61.4 Å². The van der Waals surface area contributed by atoms with E-state index in [0.29, 0.717) is 12.3 Å². The first kappa shape index (κ1) is 20.0. The molecule has 2 rings (SSSR count). The molecule has 0 spiro atoms. The maximum Gasteiger partial charge on any atom is 0.230 e. The Kier molecular flexibility index (Phi) is 7.69. The van der Waals surface area contributed by atoms with E-state index in [9.17, 15) is 9.59 Å². The first-order valence-electron chi connectivity index (χ1n) is 8.44. The van der Waals surface area contributed by atoms with Crippen LogP contribution in [-0.2, 0) is 9.59 Å². The number of amides is 2. The fourth-order valence-corrected chi connectivity index (χ4v) is 3.25. The van der Waals surface area contributed by atoms with Crippen LogP contribution in [0.4, 0.5) is 5.69 Å². The number of hydrogen-bond acceptors (Lipinski definition) is 4. The summed E-state index contributed by atoms with van der Waals surface area (Å²) in [6, 6.07) is 17.8. The Morgan fingerprint density at radius 1 is 1.04 bits per heavy atom. The average Bonchev–Trinajstić information content (AvgIpc) is 2.61. The monoisotopic (exact) mass is 371 g/mol. The zero-order valence-electron chi connectivity index (χ0n) is 15.4. The molecule has 1 atom stereocenters. The van der Waals surface area contributed by atoms with Crippen molar-refractivity contribution in [3.05, 3.63) is 60.2 Å². The number of carbonyl (C=O) groups is 2. The van der Waals surface area contributed by atoms with Gasteiger partial charge in [0.2, 0.25) is 11.8 Å². The van der Waals surface area contributed by atoms with Gasteiger partial charge in [0.1, 0.15) is 0 Å². The fraction of sp³-hybridized carbons (Fsp3) is 0.300. The summed E-state index contributed by atoms with van der Waals surface area (Å²) in [4.78, 5) is 26.3. The predicted octanol–water partition coefficient (Wildman–Crippen LogP) is 3.16. The molecule has 1 unspecified atom stereocenters. The number of benzene rings is 2. The second-order valence-electron chi connectivity index (χ2n) is 6.19. The van der Waals surface area contributed by atoms with Gasteiger partial charge >= 0.3 is 0 Å². The number of carbonyl (C=O) groups excluding carboxylic acids is 2. The van der Waals surface area contributed by atoms with Crippen LogP contribution in [0.3, 0.4) is 0 Å². The summed E-state index contributed by atoms with van der Waals surface area (Å²) < 4.78 is 0. The summed E-state index contributed by atoms with van der Waals surface area (Å²) in [6.07, 6.45) is 0. The van der Waals surface area contributed by atoms with Crippen LogP contribution in [0.25, 0.3) is 0 Å². The minimum Gasteiger partial charge on any atom is -0.353 e. The van der Waals surface area contributed by atoms with Crippen molar-refractivity contribution in [3.63, 3.8) is 0 Å². The lowest BCUT2D eigenvalue weighted by atomic mass is 10.1. The highest BCUT2D eigenvalue weighted by Crippen LogP contribution is 2.20. The van der Waals surface area contributed by atoms with Gasteiger partial charge in [-0.15, -0.1) is 11.8 Å². The van der Waals surface area contributed by atoms with Crippen LogP contribution in [0.5, 0.6) is 0 Å². The highest BCUT2D eigenvalue weighted by molar-refractivity contribution is 8.00. The fourth-order valence-electron chi connectivity index (χ4n) is 2.52. The van der Waals surface area contributed by atoms with Crippen molar-refractivity contribution in [2.24, 2.45) is 0 Å². The van der Waals surface area contributed by atoms with Crippen LogP contribution in [-0.4, -0.2) is 43.1 Å². The van der Waals surface area contributed by atoms with Gasteiger partial charge in [-0.1, -0.05) is 30.3 Å². The Labute approximate surface area is 159 Å². The lowest BCUT2D eigenvalue weighted by molar-refractivity contribution is -0.118. The molecular formula is C20H25N3O2S. The number of thioether (sulfide) groups is 1. The molecule has 0 radical (unpaired) electrons. The van der Waals surface area contributed by atoms with E-state index in [4.69, 9.17) is 0 Å². The van der Waals surface area contributed by atoms with Crippen molar-refractivity contribution in [2.75, 3.05) is 31.7 Å². The van der Waals surface area contributed by atoms with Crippen LogP contribution in [0.2, 0.25) is 0 Å². The van der Waals surface area contributed by atoms with E-state index >= 15 is 0 Å². The van der Waals surface area contributed by atoms with Crippen molar-refractivity contribution < 1.29 is 9.59 Å². The molecule has 2 N–H and O–H groups in total. The third-order valence-electron chi connectivity index (χ3n) is 3.84. The number of rotatable bonds is 8. The van der Waals surface area contributed by atoms with E-state index in [1.807, 2.05) is 56.6 Å². The van der Waals surface area contributed by atoms with Gasteiger partial charge in [-0.25, -0.2) is 0 Å². The molecule has 2 aromatic carbocycles. The van der Waals surface area contributed by atoms with Crippen molar-refractivity contribution in [1.29, 1.82) is 0 Å². The summed E-state index contributed by atoms with van der Waals surface area (Å²) in [7, 11) is 4.02. The van der Waals surface area contributed by atoms with Gasteiger partial charge in [0.15, 0.2) is 0 Å². The molecule has 2 aromatic rings. The lowest BCUT2D eigenvalue weighted by Crippen LogP contribution is -2.35. The van der Waals surface area contributed by atoms with Gasteiger partial charge in [-0.2, -0.15) is 0 Å². The van der Waals surface area contributed by atoms with Crippen molar-refractivity contribution in [1.82, 2.24) is 10.2 Å². The Hall–Kier alpha value is -2.31. The smallest absolute Gasteiger partial charge is 0.230 e. The molecule has 0 aliphatic carbocycles. The van der Waals surface area contributed by atoms with Gasteiger partial charge in [-0.05, 0) is 43.9 Å². The first-order valence-corrected chi connectivity index (χ1v) is 9.43. The van der Waals surface area contributed by atoms with Crippen LogP contribution in [0.1, 0.15) is 18.5 Å². The van der Waals surface area contributed by atoms with Crippen molar-refractivity contribution in [2.45, 2.75) is 17.9 Å². The summed E-state index contributed by atoms with van der Waals surface area (Å²) in [5.74, 6) is 0.261. The Balaban J connectivity index is 1.81. The van der Waals surface area contributed by atoms with Crippen LogP contribution < -0.4 is 10.6 Å². The van der Waals surface area contributed by atoms with E-state index < -0.39 is 0 Å². The number of hydrogen-bond donors (Lipinski definition) is 2. The van der Waals surface area contributed by atoms with E-state index in [1.54, 1.807) is 0 Å². The molecule has 0 saturated carbocycles. The van der Waals surface area contributed by atoms with Gasteiger partial charge in [0, 0.05) is 24.1 Å². The zero-order chi connectivity index (χ0) is 18.9. The van der Waals surface area contributed by atoms with E-state index in [1.165, 1.54) is 24.2 Å². The highest BCUT2D eigenvalue weighted by Gasteiger charge is 2.15. The van der Waals surface area contributed by atoms with Crippen molar-refractivity contribution >= 4 is 29.3 Å². The molecule has 0 fully saturated rings. The number of likely N-dealkylation sites (N-methyl/N-ethyl adjacent to an activating group) is 1. The molecule has 5 nitrogen and oxygen atoms in total. The van der Waals surface area contributed by atoms with Crippen LogP contribution in [0.15, 0.2) is 59.5 Å². The van der Waals surface area contributed by atoms with Crippen molar-refractivity contribution in [3.8, 4) is 0 Å². The zero-order valence-corrected chi connectivity index (χ0v) is 16.2. The third-order valence-corrected chi connectivity index (χ3v) is 4.86. The molecule has 2 amide bonds. The molecule has 0 heterocycles. The van der Waals surface area contributed by atoms with Gasteiger partial charge < -0.3 is 15.5 Å². The molecule has 0 saturated heterocycles. The average molecular weight is 372 g/mol. The standard InChI is InChI=1S/C20H25N3O2S/c1-15(24)22-17-9-11-18(12-10-17)26-14-20(25)21-13-19(23(2)3)16-7-5-4-6-8-16/h4-12,19H,13-14H2,1-3H3,(H,21,25)(H,22,24). The lowest BCUT2D eigenvalue weighted by Gasteiger charge is -2.25. The summed E-state index contributed by atoms with van der Waals surface area (Å²) in [6.45, 7) is 2.04. The van der Waals surface area contributed by atoms with E-state index in [2.05, 4.69) is 27.7 Å². The normalized spacial score (nSPS) is 11.8. The SMILES string of the molecule is CC(=O)Nc1ccc(SCC(=O)NCC(c2ccccc2)N(C)C)cc1. The maximum atomic E-state index is 12.2. The molecule has 138 valence electrons. The quantitative estimate of drug-likeness (QED) is 0.700. The summed E-state index contributed by atoms with van der Waals surface area (Å²) in [5.41, 5.74) is 1.93. The van der Waals surface area contributed by atoms with E-state index in [0.717, 1.165) is 10.6 Å². The Bertz CT molecular complexity index is 718. The molecule has 0 aromatic heterocycles. The second kappa shape index (κ2) is 9.99. The molecule has 0 aliphatic heterocycles. The molecule has 6 heteroatoms. The minimum atomic E-state index is -0.0985. The molecular weight excluding hydrogens is 346 g/mol. The Morgan fingerprint density at radius 3 is 2.27 bits per heavy atom. The van der Waals surface area contributed by atoms with Crippen LogP contribution >= 0.6 is 11.8 Å². The summed E-state index contributed by atoms with van der Waals surface area (Å²) >= 11 is 1.47. The summed E-state index contributed by atoms with van der Waals surface area (Å²) in [5, 5.41) is 5.74. The second-order valence-corrected chi connectivity index (χ2v) is 7.24. The number of anilines is 1. The highest BCUT2D eigenvalue weighted by atomic mass is 32.2. The third kappa shape index (κ3) is 6.54. The predicted molar refractivity (Wildman–Crippen MR) is 107 cm³/mol. The number of nitrogens with zero attached hydrogens (tertiary/aromatic N) is 1. The first-order chi connectivity index (χ1) is 12.5. The maximum absolute atomic E-state index is 12.2. The van der Waals surface area contributed by atoms with E-state index in [-0.39, 0.29) is 17.9 Å². The molecule has 26 heavy (non-hydrogen) atoms. The Morgan fingerprint density at radius 2 is 1.69 bits per heavy atom. The van der Waals surface area contributed by atoms with Crippen LogP contribution in [0, 0.1) is 0 Å². The molecule has 0 aliphatic rings. The van der Waals surface area contributed by atoms with Gasteiger partial charge in [-0.3, -0.25) is 9.59 Å².